The lowest BCUT2D eigenvalue weighted by atomic mass is 9.87. The molecule has 20 heavy (non-hydrogen) atoms. The molecule has 1 nitrogen and oxygen atoms in total. The molecule has 0 saturated heterocycles. The van der Waals surface area contributed by atoms with E-state index in [9.17, 15) is 0 Å². The molecule has 1 aromatic heterocycles. The van der Waals surface area contributed by atoms with Gasteiger partial charge in [0, 0.05) is 12.6 Å². The van der Waals surface area contributed by atoms with E-state index in [4.69, 9.17) is 0 Å². The monoisotopic (exact) mass is 287 g/mol. The maximum atomic E-state index is 3.60. The zero-order chi connectivity index (χ0) is 14.6. The van der Waals surface area contributed by atoms with Crippen LogP contribution >= 0.6 is 11.3 Å². The Morgan fingerprint density at radius 2 is 1.75 bits per heavy atom. The van der Waals surface area contributed by atoms with Gasteiger partial charge in [-0.25, -0.2) is 0 Å². The largest absolute Gasteiger partial charge is 0.310 e. The summed E-state index contributed by atoms with van der Waals surface area (Å²) in [4.78, 5) is 0. The second-order valence-electron chi connectivity index (χ2n) is 6.56. The molecule has 1 N–H and O–H groups in total. The third kappa shape index (κ3) is 4.46. The molecule has 2 heteroatoms. The summed E-state index contributed by atoms with van der Waals surface area (Å²) in [5.41, 5.74) is 4.42. The van der Waals surface area contributed by atoms with E-state index in [0.717, 1.165) is 13.0 Å². The van der Waals surface area contributed by atoms with Gasteiger partial charge in [0.05, 0.1) is 0 Å². The number of thiophene rings is 1. The molecule has 108 valence electrons. The van der Waals surface area contributed by atoms with E-state index in [1.807, 2.05) is 0 Å². The highest BCUT2D eigenvalue weighted by atomic mass is 32.1. The van der Waals surface area contributed by atoms with Crippen LogP contribution < -0.4 is 5.32 Å². The normalized spacial score (nSPS) is 13.4. The summed E-state index contributed by atoms with van der Waals surface area (Å²) in [5.74, 6) is 0. The Kier molecular flexibility index (Phi) is 5.00. The van der Waals surface area contributed by atoms with E-state index in [2.05, 4.69) is 74.1 Å². The highest BCUT2D eigenvalue weighted by Crippen LogP contribution is 2.22. The van der Waals surface area contributed by atoms with Crippen molar-refractivity contribution in [2.24, 2.45) is 0 Å². The van der Waals surface area contributed by atoms with Crippen LogP contribution in [0.5, 0.6) is 0 Å². The van der Waals surface area contributed by atoms with Gasteiger partial charge >= 0.3 is 0 Å². The number of benzene rings is 1. The van der Waals surface area contributed by atoms with Crippen LogP contribution in [0.4, 0.5) is 0 Å². The Bertz CT molecular complexity index is 505. The number of hydrogen-bond donors (Lipinski definition) is 1. The molecule has 0 aliphatic heterocycles. The molecule has 0 aliphatic carbocycles. The van der Waals surface area contributed by atoms with Crippen molar-refractivity contribution in [3.05, 3.63) is 57.8 Å². The Morgan fingerprint density at radius 3 is 2.30 bits per heavy atom. The Morgan fingerprint density at radius 1 is 1.05 bits per heavy atom. The molecule has 1 aromatic carbocycles. The van der Waals surface area contributed by atoms with Crippen molar-refractivity contribution in [3.8, 4) is 0 Å². The molecule has 1 heterocycles. The minimum atomic E-state index is 0.234. The van der Waals surface area contributed by atoms with Gasteiger partial charge in [0.1, 0.15) is 0 Å². The molecule has 2 aromatic rings. The lowest BCUT2D eigenvalue weighted by Gasteiger charge is -2.19. The summed E-state index contributed by atoms with van der Waals surface area (Å²) in [6.07, 6.45) is 1.10. The predicted octanol–water partition coefficient (Wildman–Crippen LogP) is 4.77. The van der Waals surface area contributed by atoms with Gasteiger partial charge in [0.15, 0.2) is 0 Å². The van der Waals surface area contributed by atoms with E-state index in [1.165, 1.54) is 16.7 Å². The smallest absolute Gasteiger partial charge is 0.0208 e. The molecule has 1 atom stereocenters. The summed E-state index contributed by atoms with van der Waals surface area (Å²) in [6, 6.07) is 11.7. The van der Waals surface area contributed by atoms with Crippen LogP contribution in [-0.4, -0.2) is 6.04 Å². The average Bonchev–Trinajstić information content (AvgIpc) is 2.88. The SMILES string of the molecule is CC(Cc1ccsc1)NCc1ccc(C(C)(C)C)cc1. The molecule has 0 radical (unpaired) electrons. The van der Waals surface area contributed by atoms with Crippen LogP contribution in [0.25, 0.3) is 0 Å². The summed E-state index contributed by atoms with van der Waals surface area (Å²) in [7, 11) is 0. The molecule has 2 rings (SSSR count). The fourth-order valence-corrected chi connectivity index (χ4v) is 2.93. The topological polar surface area (TPSA) is 12.0 Å². The number of rotatable bonds is 5. The van der Waals surface area contributed by atoms with Crippen molar-refractivity contribution < 1.29 is 0 Å². The quantitative estimate of drug-likeness (QED) is 0.835. The van der Waals surface area contributed by atoms with Crippen molar-refractivity contribution in [2.75, 3.05) is 0 Å². The molecule has 0 spiro atoms. The van der Waals surface area contributed by atoms with Crippen molar-refractivity contribution in [3.63, 3.8) is 0 Å². The molecular weight excluding hydrogens is 262 g/mol. The van der Waals surface area contributed by atoms with Gasteiger partial charge in [-0.3, -0.25) is 0 Å². The first kappa shape index (κ1) is 15.3. The third-order valence-electron chi connectivity index (χ3n) is 3.60. The molecule has 0 bridgehead atoms. The number of hydrogen-bond acceptors (Lipinski definition) is 2. The van der Waals surface area contributed by atoms with Crippen LogP contribution in [0.1, 0.15) is 44.4 Å². The van der Waals surface area contributed by atoms with Gasteiger partial charge in [0.25, 0.3) is 0 Å². The van der Waals surface area contributed by atoms with Gasteiger partial charge in [-0.15, -0.1) is 0 Å². The Labute approximate surface area is 127 Å². The summed E-state index contributed by atoms with van der Waals surface area (Å²) < 4.78 is 0. The van der Waals surface area contributed by atoms with Crippen molar-refractivity contribution in [1.29, 1.82) is 0 Å². The highest BCUT2D eigenvalue weighted by molar-refractivity contribution is 7.07. The molecule has 0 saturated carbocycles. The minimum Gasteiger partial charge on any atom is -0.310 e. The van der Waals surface area contributed by atoms with Crippen LogP contribution in [0.3, 0.4) is 0 Å². The molecular formula is C18H25NS. The van der Waals surface area contributed by atoms with E-state index in [1.54, 1.807) is 11.3 Å². The lowest BCUT2D eigenvalue weighted by Crippen LogP contribution is -2.27. The summed E-state index contributed by atoms with van der Waals surface area (Å²) >= 11 is 1.77. The zero-order valence-electron chi connectivity index (χ0n) is 12.9. The third-order valence-corrected chi connectivity index (χ3v) is 4.33. The van der Waals surface area contributed by atoms with E-state index in [-0.39, 0.29) is 5.41 Å². The highest BCUT2D eigenvalue weighted by Gasteiger charge is 2.12. The van der Waals surface area contributed by atoms with Gasteiger partial charge in [-0.05, 0) is 52.3 Å². The Balaban J connectivity index is 1.84. The van der Waals surface area contributed by atoms with Gasteiger partial charge in [-0.1, -0.05) is 45.0 Å². The van der Waals surface area contributed by atoms with Crippen LogP contribution in [0.15, 0.2) is 41.1 Å². The van der Waals surface area contributed by atoms with Crippen LogP contribution in [0.2, 0.25) is 0 Å². The maximum absolute atomic E-state index is 3.60. The van der Waals surface area contributed by atoms with Crippen molar-refractivity contribution in [2.45, 2.75) is 52.1 Å². The summed E-state index contributed by atoms with van der Waals surface area (Å²) in [5, 5.41) is 7.98. The van der Waals surface area contributed by atoms with Crippen molar-refractivity contribution >= 4 is 11.3 Å². The van der Waals surface area contributed by atoms with Crippen LogP contribution in [-0.2, 0) is 18.4 Å². The second-order valence-corrected chi connectivity index (χ2v) is 7.34. The lowest BCUT2D eigenvalue weighted by molar-refractivity contribution is 0.545. The van der Waals surface area contributed by atoms with Gasteiger partial charge in [0.2, 0.25) is 0 Å². The fourth-order valence-electron chi connectivity index (χ4n) is 2.25. The molecule has 1 unspecified atom stereocenters. The van der Waals surface area contributed by atoms with E-state index in [0.29, 0.717) is 6.04 Å². The molecule has 0 fully saturated rings. The van der Waals surface area contributed by atoms with E-state index < -0.39 is 0 Å². The predicted molar refractivity (Wildman–Crippen MR) is 89.5 cm³/mol. The molecule has 0 amide bonds. The first-order valence-corrected chi connectivity index (χ1v) is 8.23. The summed E-state index contributed by atoms with van der Waals surface area (Å²) in [6.45, 7) is 9.95. The average molecular weight is 287 g/mol. The first-order chi connectivity index (χ1) is 9.45. The van der Waals surface area contributed by atoms with E-state index >= 15 is 0 Å². The minimum absolute atomic E-state index is 0.234. The van der Waals surface area contributed by atoms with Crippen LogP contribution in [0, 0.1) is 0 Å². The number of nitrogens with one attached hydrogen (secondary N) is 1. The second kappa shape index (κ2) is 6.55. The van der Waals surface area contributed by atoms with Gasteiger partial charge in [-0.2, -0.15) is 11.3 Å². The fraction of sp³-hybridized carbons (Fsp3) is 0.444. The Hall–Kier alpha value is -1.12. The zero-order valence-corrected chi connectivity index (χ0v) is 13.8. The first-order valence-electron chi connectivity index (χ1n) is 7.29. The standard InChI is InChI=1S/C18H25NS/c1-14(11-16-9-10-20-13-16)19-12-15-5-7-17(8-6-15)18(2,3)4/h5-10,13-14,19H,11-12H2,1-4H3. The molecule has 0 aliphatic rings. The maximum Gasteiger partial charge on any atom is 0.0208 e. The van der Waals surface area contributed by atoms with Crippen molar-refractivity contribution in [1.82, 2.24) is 5.32 Å². The van der Waals surface area contributed by atoms with Gasteiger partial charge < -0.3 is 5.32 Å².